The molecule has 0 aliphatic heterocycles. The second-order valence-electron chi connectivity index (χ2n) is 6.05. The fourth-order valence-electron chi connectivity index (χ4n) is 1.96. The SMILES string of the molecule is Cc1ccc(C)c(-n2nnnc2SCC(=O)N[C@@H](C)C(C)C)c1. The number of rotatable bonds is 6. The molecule has 0 bridgehead atoms. The van der Waals surface area contributed by atoms with E-state index in [1.54, 1.807) is 4.68 Å². The summed E-state index contributed by atoms with van der Waals surface area (Å²) in [6.45, 7) is 10.2. The quantitative estimate of drug-likeness (QED) is 0.823. The first kappa shape index (κ1) is 17.5. The Balaban J connectivity index is 2.07. The van der Waals surface area contributed by atoms with Gasteiger partial charge in [-0.1, -0.05) is 37.7 Å². The van der Waals surface area contributed by atoms with E-state index in [0.29, 0.717) is 16.8 Å². The van der Waals surface area contributed by atoms with E-state index in [4.69, 9.17) is 0 Å². The van der Waals surface area contributed by atoms with E-state index in [1.807, 2.05) is 32.9 Å². The first-order valence-corrected chi connectivity index (χ1v) is 8.65. The van der Waals surface area contributed by atoms with Gasteiger partial charge in [0.15, 0.2) is 0 Å². The van der Waals surface area contributed by atoms with Gasteiger partial charge in [0.05, 0.1) is 11.4 Å². The first-order chi connectivity index (χ1) is 10.9. The predicted molar refractivity (Wildman–Crippen MR) is 91.8 cm³/mol. The molecule has 0 aliphatic carbocycles. The summed E-state index contributed by atoms with van der Waals surface area (Å²) in [6.07, 6.45) is 0. The van der Waals surface area contributed by atoms with Crippen molar-refractivity contribution < 1.29 is 4.79 Å². The highest BCUT2D eigenvalue weighted by Crippen LogP contribution is 2.21. The highest BCUT2D eigenvalue weighted by molar-refractivity contribution is 7.99. The lowest BCUT2D eigenvalue weighted by Crippen LogP contribution is -2.37. The molecule has 124 valence electrons. The summed E-state index contributed by atoms with van der Waals surface area (Å²) in [6, 6.07) is 6.28. The highest BCUT2D eigenvalue weighted by Gasteiger charge is 2.15. The van der Waals surface area contributed by atoms with Crippen molar-refractivity contribution in [3.8, 4) is 5.69 Å². The summed E-state index contributed by atoms with van der Waals surface area (Å²) in [4.78, 5) is 12.0. The number of aromatic nitrogens is 4. The molecule has 0 saturated heterocycles. The second kappa shape index (κ2) is 7.59. The lowest BCUT2D eigenvalue weighted by atomic mass is 10.1. The van der Waals surface area contributed by atoms with Crippen LogP contribution in [0.4, 0.5) is 0 Å². The van der Waals surface area contributed by atoms with E-state index >= 15 is 0 Å². The van der Waals surface area contributed by atoms with Crippen LogP contribution in [0.3, 0.4) is 0 Å². The number of carbonyl (C=O) groups is 1. The Morgan fingerprint density at radius 1 is 1.30 bits per heavy atom. The molecular formula is C16H23N5OS. The van der Waals surface area contributed by atoms with E-state index in [2.05, 4.69) is 40.8 Å². The van der Waals surface area contributed by atoms with Crippen LogP contribution in [-0.2, 0) is 4.79 Å². The van der Waals surface area contributed by atoms with E-state index in [9.17, 15) is 4.79 Å². The van der Waals surface area contributed by atoms with Gasteiger partial charge in [-0.25, -0.2) is 0 Å². The largest absolute Gasteiger partial charge is 0.353 e. The summed E-state index contributed by atoms with van der Waals surface area (Å²) < 4.78 is 1.69. The number of thioether (sulfide) groups is 1. The average Bonchev–Trinajstić information content (AvgIpc) is 2.95. The zero-order chi connectivity index (χ0) is 17.0. The van der Waals surface area contributed by atoms with Gasteiger partial charge in [0.1, 0.15) is 0 Å². The third kappa shape index (κ3) is 4.54. The minimum Gasteiger partial charge on any atom is -0.353 e. The van der Waals surface area contributed by atoms with E-state index < -0.39 is 0 Å². The molecule has 0 fully saturated rings. The topological polar surface area (TPSA) is 72.7 Å². The molecule has 0 spiro atoms. The Bertz CT molecular complexity index is 683. The summed E-state index contributed by atoms with van der Waals surface area (Å²) in [7, 11) is 0. The molecular weight excluding hydrogens is 310 g/mol. The van der Waals surface area contributed by atoms with Crippen molar-refractivity contribution in [3.63, 3.8) is 0 Å². The molecule has 2 aromatic rings. The van der Waals surface area contributed by atoms with Crippen molar-refractivity contribution in [2.24, 2.45) is 5.92 Å². The summed E-state index contributed by atoms with van der Waals surface area (Å²) in [5, 5.41) is 15.4. The summed E-state index contributed by atoms with van der Waals surface area (Å²) in [5.41, 5.74) is 3.16. The van der Waals surface area contributed by atoms with Crippen LogP contribution in [0.2, 0.25) is 0 Å². The molecule has 1 atom stereocenters. The van der Waals surface area contributed by atoms with Gasteiger partial charge in [-0.2, -0.15) is 4.68 Å². The minimum absolute atomic E-state index is 0.00767. The van der Waals surface area contributed by atoms with E-state index in [0.717, 1.165) is 16.8 Å². The molecule has 1 heterocycles. The molecule has 2 rings (SSSR count). The molecule has 0 saturated carbocycles. The number of hydrogen-bond acceptors (Lipinski definition) is 5. The van der Waals surface area contributed by atoms with Crippen molar-refractivity contribution in [1.29, 1.82) is 0 Å². The molecule has 7 heteroatoms. The van der Waals surface area contributed by atoms with Gasteiger partial charge in [0, 0.05) is 6.04 Å². The number of hydrogen-bond donors (Lipinski definition) is 1. The summed E-state index contributed by atoms with van der Waals surface area (Å²) in [5.74, 6) is 0.693. The van der Waals surface area contributed by atoms with Crippen molar-refractivity contribution in [3.05, 3.63) is 29.3 Å². The molecule has 1 aromatic heterocycles. The lowest BCUT2D eigenvalue weighted by Gasteiger charge is -2.17. The van der Waals surface area contributed by atoms with Gasteiger partial charge < -0.3 is 5.32 Å². The standard InChI is InChI=1S/C16H23N5OS/c1-10(2)13(5)17-15(22)9-23-16-18-19-20-21(16)14-8-11(3)6-7-12(14)4/h6-8,10,13H,9H2,1-5H3,(H,17,22)/t13-/m0/s1. The smallest absolute Gasteiger partial charge is 0.230 e. The second-order valence-corrected chi connectivity index (χ2v) is 6.99. The Morgan fingerprint density at radius 3 is 2.74 bits per heavy atom. The van der Waals surface area contributed by atoms with Crippen LogP contribution in [-0.4, -0.2) is 37.9 Å². The average molecular weight is 333 g/mol. The minimum atomic E-state index is -0.00767. The van der Waals surface area contributed by atoms with Crippen molar-refractivity contribution in [2.45, 2.75) is 45.8 Å². The molecule has 1 N–H and O–H groups in total. The number of nitrogens with zero attached hydrogens (tertiary/aromatic N) is 4. The number of nitrogens with one attached hydrogen (secondary N) is 1. The maximum Gasteiger partial charge on any atom is 0.230 e. The van der Waals surface area contributed by atoms with Crippen LogP contribution in [0.1, 0.15) is 31.9 Å². The third-order valence-corrected chi connectivity index (χ3v) is 4.67. The molecule has 23 heavy (non-hydrogen) atoms. The zero-order valence-corrected chi connectivity index (χ0v) is 15.0. The lowest BCUT2D eigenvalue weighted by molar-refractivity contribution is -0.119. The van der Waals surface area contributed by atoms with Gasteiger partial charge >= 0.3 is 0 Å². The van der Waals surface area contributed by atoms with Gasteiger partial charge in [0.25, 0.3) is 0 Å². The molecule has 6 nitrogen and oxygen atoms in total. The van der Waals surface area contributed by atoms with Crippen molar-refractivity contribution in [2.75, 3.05) is 5.75 Å². The van der Waals surface area contributed by atoms with E-state index in [-0.39, 0.29) is 11.9 Å². The maximum atomic E-state index is 12.0. The summed E-state index contributed by atoms with van der Waals surface area (Å²) >= 11 is 1.34. The molecule has 0 radical (unpaired) electrons. The fraction of sp³-hybridized carbons (Fsp3) is 0.500. The third-order valence-electron chi connectivity index (χ3n) is 3.75. The van der Waals surface area contributed by atoms with Crippen LogP contribution >= 0.6 is 11.8 Å². The monoisotopic (exact) mass is 333 g/mol. The molecule has 1 amide bonds. The number of carbonyl (C=O) groups excluding carboxylic acids is 1. The van der Waals surface area contributed by atoms with Crippen molar-refractivity contribution in [1.82, 2.24) is 25.5 Å². The van der Waals surface area contributed by atoms with Gasteiger partial charge in [-0.15, -0.1) is 5.10 Å². The maximum absolute atomic E-state index is 12.0. The Hall–Kier alpha value is -1.89. The van der Waals surface area contributed by atoms with Crippen LogP contribution in [0.25, 0.3) is 5.69 Å². The van der Waals surface area contributed by atoms with Crippen molar-refractivity contribution >= 4 is 17.7 Å². The normalized spacial score (nSPS) is 12.4. The predicted octanol–water partition coefficient (Wildman–Crippen LogP) is 2.53. The van der Waals surface area contributed by atoms with Gasteiger partial charge in [0.2, 0.25) is 11.1 Å². The van der Waals surface area contributed by atoms with Crippen LogP contribution in [0.15, 0.2) is 23.4 Å². The molecule has 1 aromatic carbocycles. The van der Waals surface area contributed by atoms with Crippen LogP contribution < -0.4 is 5.32 Å². The number of tetrazole rings is 1. The van der Waals surface area contributed by atoms with Gasteiger partial charge in [-0.05, 0) is 54.3 Å². The fourth-order valence-corrected chi connectivity index (χ4v) is 2.66. The van der Waals surface area contributed by atoms with Crippen LogP contribution in [0, 0.1) is 19.8 Å². The molecule has 0 unspecified atom stereocenters. The number of amides is 1. The van der Waals surface area contributed by atoms with Gasteiger partial charge in [-0.3, -0.25) is 4.79 Å². The first-order valence-electron chi connectivity index (χ1n) is 7.66. The Labute approximate surface area is 141 Å². The number of aryl methyl sites for hydroxylation is 2. The zero-order valence-electron chi connectivity index (χ0n) is 14.2. The van der Waals surface area contributed by atoms with Crippen LogP contribution in [0.5, 0.6) is 0 Å². The Morgan fingerprint density at radius 2 is 2.04 bits per heavy atom. The Kier molecular flexibility index (Phi) is 5.76. The molecule has 0 aliphatic rings. The number of benzene rings is 1. The highest BCUT2D eigenvalue weighted by atomic mass is 32.2. The van der Waals surface area contributed by atoms with E-state index in [1.165, 1.54) is 11.8 Å².